The van der Waals surface area contributed by atoms with E-state index in [1.807, 2.05) is 31.7 Å². The third kappa shape index (κ3) is 5.61. The summed E-state index contributed by atoms with van der Waals surface area (Å²) >= 11 is 0. The van der Waals surface area contributed by atoms with Crippen LogP contribution in [0.5, 0.6) is 5.75 Å². The second kappa shape index (κ2) is 10.9. The van der Waals surface area contributed by atoms with Crippen molar-refractivity contribution in [2.24, 2.45) is 5.92 Å². The number of aryl methyl sites for hydroxylation is 1. The lowest BCUT2D eigenvalue weighted by molar-refractivity contribution is 0.0750. The number of carbonyl (C=O) groups excluding carboxylic acids is 1. The van der Waals surface area contributed by atoms with Crippen molar-refractivity contribution in [3.8, 4) is 5.75 Å². The van der Waals surface area contributed by atoms with E-state index in [0.29, 0.717) is 18.7 Å². The molecule has 0 aliphatic carbocycles. The Morgan fingerprint density at radius 3 is 2.44 bits per heavy atom. The molecule has 6 heteroatoms. The summed E-state index contributed by atoms with van der Waals surface area (Å²) in [5.74, 6) is 1.33. The molecule has 2 saturated heterocycles. The van der Waals surface area contributed by atoms with E-state index >= 15 is 0 Å². The van der Waals surface area contributed by atoms with Crippen molar-refractivity contribution in [1.82, 2.24) is 20.0 Å². The number of fused-ring (bicyclic) bond motifs is 1. The first kappa shape index (κ1) is 25.2. The van der Waals surface area contributed by atoms with E-state index < -0.39 is 0 Å². The predicted octanol–water partition coefficient (Wildman–Crippen LogP) is 4.10. The third-order valence-corrected chi connectivity index (χ3v) is 8.35. The van der Waals surface area contributed by atoms with Crippen molar-refractivity contribution in [2.75, 3.05) is 45.8 Å². The van der Waals surface area contributed by atoms with Crippen molar-refractivity contribution in [3.63, 3.8) is 0 Å². The second-order valence-electron chi connectivity index (χ2n) is 11.4. The SMILES string of the molecule is Cc1cc(O)c(C(C)C)cc1C(=O)N1Cc2ccc(CN3CCC(CN4CCNCC4)CC3)cc2C1. The van der Waals surface area contributed by atoms with Gasteiger partial charge in [0, 0.05) is 57.9 Å². The maximum absolute atomic E-state index is 13.4. The molecule has 5 rings (SSSR count). The molecule has 0 aromatic heterocycles. The highest BCUT2D eigenvalue weighted by molar-refractivity contribution is 5.96. The van der Waals surface area contributed by atoms with E-state index in [-0.39, 0.29) is 17.6 Å². The lowest BCUT2D eigenvalue weighted by Gasteiger charge is -2.36. The van der Waals surface area contributed by atoms with E-state index in [9.17, 15) is 9.90 Å². The van der Waals surface area contributed by atoms with Crippen molar-refractivity contribution in [2.45, 2.75) is 59.2 Å². The number of nitrogens with one attached hydrogen (secondary N) is 1. The Kier molecular flexibility index (Phi) is 7.65. The molecular formula is C30H42N4O2. The average molecular weight is 491 g/mol. The fourth-order valence-corrected chi connectivity index (χ4v) is 6.11. The molecule has 0 unspecified atom stereocenters. The highest BCUT2D eigenvalue weighted by atomic mass is 16.3. The fourth-order valence-electron chi connectivity index (χ4n) is 6.11. The van der Waals surface area contributed by atoms with Gasteiger partial charge in [0.15, 0.2) is 0 Å². The Balaban J connectivity index is 1.17. The van der Waals surface area contributed by atoms with Crippen LogP contribution in [0.25, 0.3) is 0 Å². The number of phenolic OH excluding ortho intramolecular Hbond substituents is 1. The zero-order chi connectivity index (χ0) is 25.2. The highest BCUT2D eigenvalue weighted by Gasteiger charge is 2.27. The molecule has 2 N–H and O–H groups in total. The molecule has 3 heterocycles. The molecule has 2 fully saturated rings. The molecular weight excluding hydrogens is 448 g/mol. The lowest BCUT2D eigenvalue weighted by Crippen LogP contribution is -2.46. The van der Waals surface area contributed by atoms with Crippen LogP contribution in [0.3, 0.4) is 0 Å². The van der Waals surface area contributed by atoms with Crippen molar-refractivity contribution >= 4 is 5.91 Å². The summed E-state index contributed by atoms with van der Waals surface area (Å²) in [7, 11) is 0. The molecule has 0 bridgehead atoms. The molecule has 36 heavy (non-hydrogen) atoms. The molecule has 0 atom stereocenters. The minimum atomic E-state index is 0.0544. The largest absolute Gasteiger partial charge is 0.508 e. The van der Waals surface area contributed by atoms with E-state index in [2.05, 4.69) is 33.3 Å². The van der Waals surface area contributed by atoms with Gasteiger partial charge in [-0.15, -0.1) is 0 Å². The van der Waals surface area contributed by atoms with Crippen LogP contribution in [-0.2, 0) is 19.6 Å². The number of phenols is 1. The Bertz CT molecular complexity index is 1080. The first-order chi connectivity index (χ1) is 17.4. The summed E-state index contributed by atoms with van der Waals surface area (Å²) in [6, 6.07) is 10.4. The number of likely N-dealkylation sites (tertiary alicyclic amines) is 1. The van der Waals surface area contributed by atoms with Crippen LogP contribution >= 0.6 is 0 Å². The molecule has 194 valence electrons. The van der Waals surface area contributed by atoms with Gasteiger partial charge in [-0.3, -0.25) is 9.69 Å². The van der Waals surface area contributed by atoms with E-state index in [1.54, 1.807) is 6.07 Å². The van der Waals surface area contributed by atoms with Gasteiger partial charge in [0.1, 0.15) is 5.75 Å². The minimum absolute atomic E-state index is 0.0544. The van der Waals surface area contributed by atoms with Crippen LogP contribution in [0.1, 0.15) is 70.8 Å². The van der Waals surface area contributed by atoms with Gasteiger partial charge in [-0.05, 0) is 84.6 Å². The number of carbonyl (C=O) groups is 1. The molecule has 2 aromatic carbocycles. The molecule has 0 saturated carbocycles. The van der Waals surface area contributed by atoms with Gasteiger partial charge in [0.05, 0.1) is 0 Å². The number of piperidine rings is 1. The predicted molar refractivity (Wildman–Crippen MR) is 144 cm³/mol. The third-order valence-electron chi connectivity index (χ3n) is 8.35. The van der Waals surface area contributed by atoms with Crippen molar-refractivity contribution < 1.29 is 9.90 Å². The molecule has 2 aromatic rings. The number of amides is 1. The van der Waals surface area contributed by atoms with Crippen LogP contribution in [0.15, 0.2) is 30.3 Å². The summed E-state index contributed by atoms with van der Waals surface area (Å²) in [6.45, 7) is 16.6. The summed E-state index contributed by atoms with van der Waals surface area (Å²) in [5.41, 5.74) is 6.25. The monoisotopic (exact) mass is 490 g/mol. The number of nitrogens with zero attached hydrogens (tertiary/aromatic N) is 3. The van der Waals surface area contributed by atoms with E-state index in [1.165, 1.54) is 62.3 Å². The topological polar surface area (TPSA) is 59.1 Å². The van der Waals surface area contributed by atoms with Crippen LogP contribution < -0.4 is 5.32 Å². The number of rotatable bonds is 6. The van der Waals surface area contributed by atoms with Crippen LogP contribution in [0.2, 0.25) is 0 Å². The van der Waals surface area contributed by atoms with Gasteiger partial charge in [-0.1, -0.05) is 32.0 Å². The molecule has 0 radical (unpaired) electrons. The second-order valence-corrected chi connectivity index (χ2v) is 11.4. The zero-order valence-electron chi connectivity index (χ0n) is 22.2. The Labute approximate surface area is 216 Å². The maximum Gasteiger partial charge on any atom is 0.254 e. The zero-order valence-corrected chi connectivity index (χ0v) is 22.2. The first-order valence-corrected chi connectivity index (χ1v) is 13.8. The van der Waals surface area contributed by atoms with Crippen LogP contribution in [0, 0.1) is 12.8 Å². The number of hydrogen-bond donors (Lipinski definition) is 2. The van der Waals surface area contributed by atoms with Gasteiger partial charge >= 0.3 is 0 Å². The number of aromatic hydroxyl groups is 1. The van der Waals surface area contributed by atoms with Gasteiger partial charge in [-0.25, -0.2) is 0 Å². The summed E-state index contributed by atoms with van der Waals surface area (Å²) in [4.78, 5) is 20.6. The van der Waals surface area contributed by atoms with Crippen molar-refractivity contribution in [1.29, 1.82) is 0 Å². The van der Waals surface area contributed by atoms with Gasteiger partial charge in [0.2, 0.25) is 0 Å². The standard InChI is InChI=1S/C30H42N4O2/c1-21(2)27-16-28(22(3)14-29(27)35)30(36)34-19-25-5-4-24(15-26(25)20-34)18-32-10-6-23(7-11-32)17-33-12-8-31-9-13-33/h4-5,14-16,21,23,31,35H,6-13,17-20H2,1-3H3. The van der Waals surface area contributed by atoms with Crippen LogP contribution in [0.4, 0.5) is 0 Å². The summed E-state index contributed by atoms with van der Waals surface area (Å²) in [5, 5.41) is 13.7. The van der Waals surface area contributed by atoms with E-state index in [0.717, 1.165) is 36.7 Å². The molecule has 3 aliphatic heterocycles. The van der Waals surface area contributed by atoms with Gasteiger partial charge in [-0.2, -0.15) is 0 Å². The number of benzene rings is 2. The Morgan fingerprint density at radius 2 is 1.72 bits per heavy atom. The molecule has 3 aliphatic rings. The van der Waals surface area contributed by atoms with Crippen LogP contribution in [-0.4, -0.2) is 71.5 Å². The summed E-state index contributed by atoms with van der Waals surface area (Å²) in [6.07, 6.45) is 2.59. The number of piperazine rings is 1. The highest BCUT2D eigenvalue weighted by Crippen LogP contribution is 2.32. The first-order valence-electron chi connectivity index (χ1n) is 13.8. The fraction of sp³-hybridized carbons (Fsp3) is 0.567. The Hall–Kier alpha value is -2.41. The quantitative estimate of drug-likeness (QED) is 0.639. The average Bonchev–Trinajstić information content (AvgIpc) is 3.29. The van der Waals surface area contributed by atoms with Gasteiger partial charge in [0.25, 0.3) is 5.91 Å². The maximum atomic E-state index is 13.4. The normalized spacial score (nSPS) is 19.7. The molecule has 6 nitrogen and oxygen atoms in total. The van der Waals surface area contributed by atoms with E-state index in [4.69, 9.17) is 0 Å². The van der Waals surface area contributed by atoms with Crippen molar-refractivity contribution in [3.05, 3.63) is 63.7 Å². The number of hydrogen-bond acceptors (Lipinski definition) is 5. The Morgan fingerprint density at radius 1 is 1.00 bits per heavy atom. The molecule has 1 amide bonds. The van der Waals surface area contributed by atoms with Gasteiger partial charge < -0.3 is 20.2 Å². The summed E-state index contributed by atoms with van der Waals surface area (Å²) < 4.78 is 0. The minimum Gasteiger partial charge on any atom is -0.508 e. The lowest BCUT2D eigenvalue weighted by atomic mass is 9.95. The smallest absolute Gasteiger partial charge is 0.254 e. The molecule has 0 spiro atoms.